The quantitative estimate of drug-likeness (QED) is 0.873. The van der Waals surface area contributed by atoms with E-state index in [1.807, 2.05) is 6.92 Å². The van der Waals surface area contributed by atoms with Crippen LogP contribution in [-0.4, -0.2) is 26.8 Å². The van der Waals surface area contributed by atoms with E-state index in [1.54, 1.807) is 48.3 Å². The van der Waals surface area contributed by atoms with E-state index in [9.17, 15) is 14.7 Å². The largest absolute Gasteiger partial charge is 0.479 e. The van der Waals surface area contributed by atoms with Crippen LogP contribution in [-0.2, 0) is 18.3 Å². The number of nitrogens with one attached hydrogen (secondary N) is 1. The Labute approximate surface area is 122 Å². The summed E-state index contributed by atoms with van der Waals surface area (Å²) >= 11 is 0. The van der Waals surface area contributed by atoms with Gasteiger partial charge in [-0.15, -0.1) is 0 Å². The van der Waals surface area contributed by atoms with Gasteiger partial charge in [-0.1, -0.05) is 37.3 Å². The zero-order chi connectivity index (χ0) is 15.4. The smallest absolute Gasteiger partial charge is 0.330 e. The number of aryl methyl sites for hydroxylation is 2. The Morgan fingerprint density at radius 1 is 1.33 bits per heavy atom. The highest BCUT2D eigenvalue weighted by Gasteiger charge is 2.24. The van der Waals surface area contributed by atoms with Crippen LogP contribution in [0.3, 0.4) is 0 Å². The van der Waals surface area contributed by atoms with Crippen LogP contribution in [0.2, 0.25) is 0 Å². The molecule has 1 unspecified atom stereocenters. The fourth-order valence-electron chi connectivity index (χ4n) is 2.13. The van der Waals surface area contributed by atoms with Crippen molar-refractivity contribution < 1.29 is 14.7 Å². The van der Waals surface area contributed by atoms with Gasteiger partial charge in [-0.3, -0.25) is 9.48 Å². The summed E-state index contributed by atoms with van der Waals surface area (Å²) in [7, 11) is 1.72. The Bertz CT molecular complexity index is 649. The molecule has 0 spiro atoms. The van der Waals surface area contributed by atoms with E-state index < -0.39 is 17.9 Å². The van der Waals surface area contributed by atoms with Crippen LogP contribution in [0, 0.1) is 0 Å². The third-order valence-electron chi connectivity index (χ3n) is 3.14. The predicted octanol–water partition coefficient (Wildman–Crippen LogP) is 1.54. The molecule has 2 aromatic rings. The van der Waals surface area contributed by atoms with Crippen LogP contribution in [0.4, 0.5) is 0 Å². The van der Waals surface area contributed by atoms with Crippen LogP contribution < -0.4 is 5.32 Å². The summed E-state index contributed by atoms with van der Waals surface area (Å²) in [5.74, 6) is -1.53. The van der Waals surface area contributed by atoms with Gasteiger partial charge < -0.3 is 10.4 Å². The van der Waals surface area contributed by atoms with Gasteiger partial charge in [0.1, 0.15) is 0 Å². The van der Waals surface area contributed by atoms with Crippen molar-refractivity contribution in [2.24, 2.45) is 7.05 Å². The number of hydrogen-bond acceptors (Lipinski definition) is 3. The third kappa shape index (κ3) is 3.28. The molecule has 2 rings (SSSR count). The summed E-state index contributed by atoms with van der Waals surface area (Å²) in [6.45, 7) is 1.89. The summed E-state index contributed by atoms with van der Waals surface area (Å²) in [6.07, 6.45) is 2.20. The van der Waals surface area contributed by atoms with E-state index >= 15 is 0 Å². The number of amides is 1. The van der Waals surface area contributed by atoms with Gasteiger partial charge in [-0.25, -0.2) is 4.79 Å². The summed E-state index contributed by atoms with van der Waals surface area (Å²) in [4.78, 5) is 23.7. The lowest BCUT2D eigenvalue weighted by Gasteiger charge is -2.14. The Morgan fingerprint density at radius 2 is 2.00 bits per heavy atom. The second-order valence-corrected chi connectivity index (χ2v) is 4.67. The molecule has 1 amide bonds. The van der Waals surface area contributed by atoms with E-state index in [0.29, 0.717) is 23.2 Å². The molecular weight excluding hydrogens is 270 g/mol. The SMILES string of the molecule is CCc1nn(C)cc1C(=O)NC(C(=O)O)c1ccccc1. The number of carbonyl (C=O) groups is 2. The molecule has 21 heavy (non-hydrogen) atoms. The molecule has 0 fully saturated rings. The molecule has 6 nitrogen and oxygen atoms in total. The molecule has 1 heterocycles. The first-order valence-corrected chi connectivity index (χ1v) is 6.64. The summed E-state index contributed by atoms with van der Waals surface area (Å²) in [5.41, 5.74) is 1.58. The van der Waals surface area contributed by atoms with Crippen molar-refractivity contribution >= 4 is 11.9 Å². The molecular formula is C15H17N3O3. The molecule has 0 saturated carbocycles. The molecule has 1 aromatic carbocycles. The van der Waals surface area contributed by atoms with Gasteiger partial charge in [0.25, 0.3) is 5.91 Å². The number of carbonyl (C=O) groups excluding carboxylic acids is 1. The summed E-state index contributed by atoms with van der Waals surface area (Å²) < 4.78 is 1.55. The lowest BCUT2D eigenvalue weighted by atomic mass is 10.1. The van der Waals surface area contributed by atoms with Crippen molar-refractivity contribution in [1.29, 1.82) is 0 Å². The molecule has 0 saturated heterocycles. The van der Waals surface area contributed by atoms with Gasteiger partial charge in [0.15, 0.2) is 6.04 Å². The maximum absolute atomic E-state index is 12.3. The van der Waals surface area contributed by atoms with Gasteiger partial charge in [-0.2, -0.15) is 5.10 Å². The number of carboxylic acid groups (broad SMARTS) is 1. The molecule has 0 aliphatic carbocycles. The van der Waals surface area contributed by atoms with Gasteiger partial charge in [-0.05, 0) is 12.0 Å². The zero-order valence-corrected chi connectivity index (χ0v) is 11.9. The average Bonchev–Trinajstić information content (AvgIpc) is 2.86. The van der Waals surface area contributed by atoms with E-state index in [0.717, 1.165) is 0 Å². The number of rotatable bonds is 5. The molecule has 0 bridgehead atoms. The molecule has 110 valence electrons. The van der Waals surface area contributed by atoms with Crippen LogP contribution in [0.5, 0.6) is 0 Å². The van der Waals surface area contributed by atoms with Crippen molar-refractivity contribution in [2.75, 3.05) is 0 Å². The molecule has 0 aliphatic heterocycles. The lowest BCUT2D eigenvalue weighted by molar-refractivity contribution is -0.139. The van der Waals surface area contributed by atoms with E-state index in [4.69, 9.17) is 0 Å². The first-order valence-electron chi connectivity index (χ1n) is 6.64. The Balaban J connectivity index is 2.25. The number of aliphatic carboxylic acids is 1. The first-order chi connectivity index (χ1) is 10.0. The van der Waals surface area contributed by atoms with Gasteiger partial charge in [0.2, 0.25) is 0 Å². The van der Waals surface area contributed by atoms with E-state index in [-0.39, 0.29) is 0 Å². The number of aromatic nitrogens is 2. The highest BCUT2D eigenvalue weighted by atomic mass is 16.4. The van der Waals surface area contributed by atoms with Crippen molar-refractivity contribution in [3.63, 3.8) is 0 Å². The van der Waals surface area contributed by atoms with Crippen molar-refractivity contribution in [1.82, 2.24) is 15.1 Å². The van der Waals surface area contributed by atoms with Gasteiger partial charge in [0.05, 0.1) is 11.3 Å². The molecule has 1 atom stereocenters. The monoisotopic (exact) mass is 287 g/mol. The minimum absolute atomic E-state index is 0.405. The Kier molecular flexibility index (Phi) is 4.37. The van der Waals surface area contributed by atoms with E-state index in [2.05, 4.69) is 10.4 Å². The van der Waals surface area contributed by atoms with Gasteiger partial charge >= 0.3 is 5.97 Å². The van der Waals surface area contributed by atoms with E-state index in [1.165, 1.54) is 0 Å². The number of hydrogen-bond donors (Lipinski definition) is 2. The maximum Gasteiger partial charge on any atom is 0.330 e. The predicted molar refractivity (Wildman–Crippen MR) is 76.9 cm³/mol. The molecule has 0 aliphatic rings. The summed E-state index contributed by atoms with van der Waals surface area (Å²) in [6, 6.07) is 7.52. The fraction of sp³-hybridized carbons (Fsp3) is 0.267. The topological polar surface area (TPSA) is 84.2 Å². The maximum atomic E-state index is 12.3. The van der Waals surface area contributed by atoms with Crippen molar-refractivity contribution in [2.45, 2.75) is 19.4 Å². The number of carboxylic acids is 1. The molecule has 2 N–H and O–H groups in total. The fourth-order valence-corrected chi connectivity index (χ4v) is 2.13. The number of nitrogens with zero attached hydrogens (tertiary/aromatic N) is 2. The summed E-state index contributed by atoms with van der Waals surface area (Å²) in [5, 5.41) is 16.0. The highest BCUT2D eigenvalue weighted by molar-refractivity contribution is 5.97. The minimum atomic E-state index is -1.10. The van der Waals surface area contributed by atoms with Crippen molar-refractivity contribution in [3.8, 4) is 0 Å². The molecule has 6 heteroatoms. The van der Waals surface area contributed by atoms with Crippen LogP contribution in [0.1, 0.15) is 34.6 Å². The zero-order valence-electron chi connectivity index (χ0n) is 11.9. The molecule has 0 radical (unpaired) electrons. The minimum Gasteiger partial charge on any atom is -0.479 e. The van der Waals surface area contributed by atoms with Crippen LogP contribution in [0.15, 0.2) is 36.5 Å². The number of benzene rings is 1. The Hall–Kier alpha value is -2.63. The normalized spacial score (nSPS) is 11.9. The highest BCUT2D eigenvalue weighted by Crippen LogP contribution is 2.15. The van der Waals surface area contributed by atoms with Crippen molar-refractivity contribution in [3.05, 3.63) is 53.3 Å². The van der Waals surface area contributed by atoms with Crippen LogP contribution in [0.25, 0.3) is 0 Å². The second-order valence-electron chi connectivity index (χ2n) is 4.67. The standard InChI is InChI=1S/C15H17N3O3/c1-3-12-11(9-18(2)17-12)14(19)16-13(15(20)21)10-7-5-4-6-8-10/h4-9,13H,3H2,1-2H3,(H,16,19)(H,20,21). The Morgan fingerprint density at radius 3 is 2.57 bits per heavy atom. The second kappa shape index (κ2) is 6.21. The third-order valence-corrected chi connectivity index (χ3v) is 3.14. The van der Waals surface area contributed by atoms with Gasteiger partial charge in [0, 0.05) is 13.2 Å². The lowest BCUT2D eigenvalue weighted by Crippen LogP contribution is -2.34. The van der Waals surface area contributed by atoms with Crippen LogP contribution >= 0.6 is 0 Å². The first kappa shape index (κ1) is 14.8. The molecule has 1 aromatic heterocycles. The average molecular weight is 287 g/mol.